The third-order valence-corrected chi connectivity index (χ3v) is 5.01. The summed E-state index contributed by atoms with van der Waals surface area (Å²) in [6, 6.07) is 12.7. The number of anilines is 1. The van der Waals surface area contributed by atoms with Gasteiger partial charge >= 0.3 is 0 Å². The number of rotatable bonds is 6. The Kier molecular flexibility index (Phi) is 6.63. The number of ether oxygens (including phenoxy) is 2. The molecule has 1 unspecified atom stereocenters. The van der Waals surface area contributed by atoms with E-state index >= 15 is 0 Å². The standard InChI is InChI=1S/C21H25FN2O2S/c1-15-9-10-19(20(12-15)25-2)23-21(27)24(14-17-7-5-11-26-17)13-16-6-3-4-8-18(16)22/h3-4,6,8-10,12,17H,5,7,11,13-14H2,1-2H3,(H,23,27). The number of hydrogen-bond acceptors (Lipinski definition) is 3. The van der Waals surface area contributed by atoms with Crippen LogP contribution in [-0.2, 0) is 11.3 Å². The molecule has 1 fully saturated rings. The summed E-state index contributed by atoms with van der Waals surface area (Å²) in [6.07, 6.45) is 2.14. The number of benzene rings is 2. The minimum atomic E-state index is -0.231. The van der Waals surface area contributed by atoms with Gasteiger partial charge in [0.05, 0.1) is 18.9 Å². The van der Waals surface area contributed by atoms with Crippen molar-refractivity contribution < 1.29 is 13.9 Å². The minimum absolute atomic E-state index is 0.108. The fourth-order valence-electron chi connectivity index (χ4n) is 3.18. The third kappa shape index (κ3) is 5.17. The van der Waals surface area contributed by atoms with E-state index in [1.54, 1.807) is 19.2 Å². The fraction of sp³-hybridized carbons (Fsp3) is 0.381. The van der Waals surface area contributed by atoms with Crippen molar-refractivity contribution in [2.24, 2.45) is 0 Å². The summed E-state index contributed by atoms with van der Waals surface area (Å²) in [5.41, 5.74) is 2.50. The molecule has 1 aliphatic rings. The van der Waals surface area contributed by atoms with Crippen LogP contribution >= 0.6 is 12.2 Å². The van der Waals surface area contributed by atoms with Gasteiger partial charge in [0.2, 0.25) is 0 Å². The van der Waals surface area contributed by atoms with Crippen LogP contribution in [0.3, 0.4) is 0 Å². The predicted molar refractivity (Wildman–Crippen MR) is 110 cm³/mol. The lowest BCUT2D eigenvalue weighted by molar-refractivity contribution is 0.0903. The van der Waals surface area contributed by atoms with Gasteiger partial charge in [0.25, 0.3) is 0 Å². The molecule has 2 aromatic carbocycles. The van der Waals surface area contributed by atoms with Crippen LogP contribution in [0.4, 0.5) is 10.1 Å². The molecule has 2 aromatic rings. The Morgan fingerprint density at radius 3 is 2.85 bits per heavy atom. The van der Waals surface area contributed by atoms with Gasteiger partial charge in [-0.2, -0.15) is 0 Å². The van der Waals surface area contributed by atoms with Gasteiger partial charge in [-0.1, -0.05) is 24.3 Å². The smallest absolute Gasteiger partial charge is 0.173 e. The van der Waals surface area contributed by atoms with Gasteiger partial charge in [-0.3, -0.25) is 0 Å². The number of thiocarbonyl (C=S) groups is 1. The van der Waals surface area contributed by atoms with Crippen molar-refractivity contribution in [2.75, 3.05) is 25.6 Å². The van der Waals surface area contributed by atoms with Gasteiger partial charge in [0.1, 0.15) is 11.6 Å². The molecule has 144 valence electrons. The highest BCUT2D eigenvalue weighted by Crippen LogP contribution is 2.26. The minimum Gasteiger partial charge on any atom is -0.495 e. The average Bonchev–Trinajstić information content (AvgIpc) is 3.17. The molecule has 0 amide bonds. The van der Waals surface area contributed by atoms with Crippen molar-refractivity contribution in [3.05, 3.63) is 59.4 Å². The molecule has 1 N–H and O–H groups in total. The van der Waals surface area contributed by atoms with Crippen molar-refractivity contribution >= 4 is 23.0 Å². The SMILES string of the molecule is COc1cc(C)ccc1NC(=S)N(Cc1ccccc1F)CC1CCCO1. The molecular weight excluding hydrogens is 363 g/mol. The van der Waals surface area contributed by atoms with E-state index in [0.29, 0.717) is 23.8 Å². The molecule has 27 heavy (non-hydrogen) atoms. The van der Waals surface area contributed by atoms with E-state index in [-0.39, 0.29) is 11.9 Å². The molecule has 6 heteroatoms. The van der Waals surface area contributed by atoms with Gasteiger partial charge in [-0.15, -0.1) is 0 Å². The Morgan fingerprint density at radius 2 is 2.15 bits per heavy atom. The van der Waals surface area contributed by atoms with E-state index in [0.717, 1.165) is 36.4 Å². The number of methoxy groups -OCH3 is 1. The number of nitrogens with one attached hydrogen (secondary N) is 1. The quantitative estimate of drug-likeness (QED) is 0.736. The van der Waals surface area contributed by atoms with Crippen molar-refractivity contribution in [3.63, 3.8) is 0 Å². The van der Waals surface area contributed by atoms with Gasteiger partial charge in [0.15, 0.2) is 5.11 Å². The second-order valence-corrected chi connectivity index (χ2v) is 7.13. The van der Waals surface area contributed by atoms with Crippen molar-refractivity contribution in [2.45, 2.75) is 32.4 Å². The molecule has 0 aromatic heterocycles. The van der Waals surface area contributed by atoms with Gasteiger partial charge < -0.3 is 19.7 Å². The van der Waals surface area contributed by atoms with Crippen LogP contribution in [0.25, 0.3) is 0 Å². The first-order valence-corrected chi connectivity index (χ1v) is 9.53. The van der Waals surface area contributed by atoms with E-state index in [2.05, 4.69) is 5.32 Å². The maximum absolute atomic E-state index is 14.2. The zero-order valence-electron chi connectivity index (χ0n) is 15.7. The molecule has 0 radical (unpaired) electrons. The average molecular weight is 389 g/mol. The van der Waals surface area contributed by atoms with Gasteiger partial charge in [-0.25, -0.2) is 4.39 Å². The van der Waals surface area contributed by atoms with E-state index in [1.807, 2.05) is 36.1 Å². The summed E-state index contributed by atoms with van der Waals surface area (Å²) >= 11 is 5.66. The highest BCUT2D eigenvalue weighted by atomic mass is 32.1. The van der Waals surface area contributed by atoms with Crippen LogP contribution < -0.4 is 10.1 Å². The van der Waals surface area contributed by atoms with Crippen LogP contribution in [0, 0.1) is 12.7 Å². The summed E-state index contributed by atoms with van der Waals surface area (Å²) in [5, 5.41) is 3.78. The van der Waals surface area contributed by atoms with Crippen molar-refractivity contribution in [3.8, 4) is 5.75 Å². The molecule has 0 spiro atoms. The second-order valence-electron chi connectivity index (χ2n) is 6.74. The fourth-order valence-corrected chi connectivity index (χ4v) is 3.43. The first kappa shape index (κ1) is 19.6. The van der Waals surface area contributed by atoms with E-state index in [1.165, 1.54) is 6.07 Å². The predicted octanol–water partition coefficient (Wildman–Crippen LogP) is 4.52. The summed E-state index contributed by atoms with van der Waals surface area (Å²) < 4.78 is 25.4. The van der Waals surface area contributed by atoms with Crippen molar-refractivity contribution in [1.82, 2.24) is 4.90 Å². The lowest BCUT2D eigenvalue weighted by Crippen LogP contribution is -2.39. The molecule has 0 bridgehead atoms. The Labute approximate surface area is 165 Å². The topological polar surface area (TPSA) is 33.7 Å². The van der Waals surface area contributed by atoms with Crippen LogP contribution in [0.2, 0.25) is 0 Å². The Hall–Kier alpha value is -2.18. The van der Waals surface area contributed by atoms with Gasteiger partial charge in [0, 0.05) is 25.3 Å². The summed E-state index contributed by atoms with van der Waals surface area (Å²) in [7, 11) is 1.63. The number of halogens is 1. The van der Waals surface area contributed by atoms with Crippen LogP contribution in [0.5, 0.6) is 5.75 Å². The van der Waals surface area contributed by atoms with Crippen LogP contribution in [0.15, 0.2) is 42.5 Å². The number of hydrogen-bond donors (Lipinski definition) is 1. The molecular formula is C21H25FN2O2S. The molecule has 0 saturated carbocycles. The normalized spacial score (nSPS) is 16.2. The zero-order chi connectivity index (χ0) is 19.2. The summed E-state index contributed by atoms with van der Waals surface area (Å²) in [5.74, 6) is 0.492. The summed E-state index contributed by atoms with van der Waals surface area (Å²) in [4.78, 5) is 1.96. The monoisotopic (exact) mass is 388 g/mol. The van der Waals surface area contributed by atoms with E-state index in [4.69, 9.17) is 21.7 Å². The van der Waals surface area contributed by atoms with Crippen LogP contribution in [0.1, 0.15) is 24.0 Å². The highest BCUT2D eigenvalue weighted by molar-refractivity contribution is 7.80. The summed E-state index contributed by atoms with van der Waals surface area (Å²) in [6.45, 7) is 3.78. The lowest BCUT2D eigenvalue weighted by Gasteiger charge is -2.29. The molecule has 4 nitrogen and oxygen atoms in total. The zero-order valence-corrected chi connectivity index (χ0v) is 16.5. The van der Waals surface area contributed by atoms with E-state index < -0.39 is 0 Å². The second kappa shape index (κ2) is 9.15. The lowest BCUT2D eigenvalue weighted by atomic mass is 10.1. The molecule has 1 saturated heterocycles. The number of aryl methyl sites for hydroxylation is 1. The molecule has 1 aliphatic heterocycles. The van der Waals surface area contributed by atoms with E-state index in [9.17, 15) is 4.39 Å². The highest BCUT2D eigenvalue weighted by Gasteiger charge is 2.22. The molecule has 0 aliphatic carbocycles. The maximum Gasteiger partial charge on any atom is 0.173 e. The maximum atomic E-state index is 14.2. The number of nitrogens with zero attached hydrogens (tertiary/aromatic N) is 1. The Balaban J connectivity index is 1.78. The molecule has 1 atom stereocenters. The largest absolute Gasteiger partial charge is 0.495 e. The molecule has 3 rings (SSSR count). The Bertz CT molecular complexity index is 794. The molecule has 1 heterocycles. The van der Waals surface area contributed by atoms with Crippen LogP contribution in [-0.4, -0.2) is 36.4 Å². The third-order valence-electron chi connectivity index (χ3n) is 4.65. The first-order chi connectivity index (χ1) is 13.1. The van der Waals surface area contributed by atoms with Crippen molar-refractivity contribution in [1.29, 1.82) is 0 Å². The first-order valence-electron chi connectivity index (χ1n) is 9.12. The Morgan fingerprint density at radius 1 is 1.33 bits per heavy atom. The van der Waals surface area contributed by atoms with Gasteiger partial charge in [-0.05, 0) is 55.7 Å².